The number of rotatable bonds is 3. The van der Waals surface area contributed by atoms with Gasteiger partial charge >= 0.3 is 0 Å². The molecule has 5 rings (SSSR count). The Hall–Kier alpha value is -1.25. The Kier molecular flexibility index (Phi) is 5.08. The molecule has 0 spiro atoms. The lowest BCUT2D eigenvalue weighted by molar-refractivity contribution is -0.231. The first-order chi connectivity index (χ1) is 15.4. The van der Waals surface area contributed by atoms with Gasteiger partial charge in [-0.25, -0.2) is 0 Å². The van der Waals surface area contributed by atoms with E-state index in [1.54, 1.807) is 0 Å². The number of Topliss-reactive ketones (excluding diaryl/α,β-unsaturated/α-hetero) is 1. The van der Waals surface area contributed by atoms with Crippen molar-refractivity contribution in [1.82, 2.24) is 0 Å². The van der Waals surface area contributed by atoms with E-state index in [9.17, 15) is 14.4 Å². The third kappa shape index (κ3) is 2.72. The Morgan fingerprint density at radius 3 is 2.24 bits per heavy atom. The van der Waals surface area contributed by atoms with E-state index in [1.165, 1.54) is 19.1 Å². The lowest BCUT2D eigenvalue weighted by atomic mass is 9.32. The predicted octanol–water partition coefficient (Wildman–Crippen LogP) is 6.59. The Bertz CT molecular complexity index is 902. The Morgan fingerprint density at radius 1 is 0.848 bits per heavy atom. The minimum atomic E-state index is -0.260. The van der Waals surface area contributed by atoms with Gasteiger partial charge in [0.1, 0.15) is 18.4 Å². The van der Waals surface area contributed by atoms with Gasteiger partial charge in [0.05, 0.1) is 0 Å². The van der Waals surface area contributed by atoms with E-state index in [-0.39, 0.29) is 38.9 Å². The zero-order valence-corrected chi connectivity index (χ0v) is 21.5. The van der Waals surface area contributed by atoms with Crippen LogP contribution in [-0.4, -0.2) is 18.4 Å². The first-order valence-electron chi connectivity index (χ1n) is 13.5. The summed E-state index contributed by atoms with van der Waals surface area (Å²) in [6.45, 7) is 16.2. The largest absolute Gasteiger partial charge is 0.303 e. The van der Waals surface area contributed by atoms with Crippen molar-refractivity contribution in [3.05, 3.63) is 12.2 Å². The maximum atomic E-state index is 12.9. The number of carbonyl (C=O) groups excluding carboxylic acids is 3. The monoisotopic (exact) mass is 452 g/mol. The number of aldehydes is 2. The van der Waals surface area contributed by atoms with Crippen molar-refractivity contribution in [2.45, 2.75) is 98.8 Å². The first-order valence-corrected chi connectivity index (χ1v) is 13.5. The van der Waals surface area contributed by atoms with Gasteiger partial charge in [-0.1, -0.05) is 41.2 Å². The van der Waals surface area contributed by atoms with Crippen molar-refractivity contribution in [3.8, 4) is 0 Å². The summed E-state index contributed by atoms with van der Waals surface area (Å²) in [6.07, 6.45) is 12.6. The number of hydrogen-bond acceptors (Lipinski definition) is 3. The van der Waals surface area contributed by atoms with Gasteiger partial charge in [-0.05, 0) is 109 Å². The number of ketones is 1. The number of carbonyl (C=O) groups is 3. The van der Waals surface area contributed by atoms with Crippen LogP contribution in [0.15, 0.2) is 12.2 Å². The molecule has 5 fully saturated rings. The van der Waals surface area contributed by atoms with Gasteiger partial charge in [-0.15, -0.1) is 0 Å². The zero-order chi connectivity index (χ0) is 24.0. The second-order valence-electron chi connectivity index (χ2n) is 14.0. The molecule has 182 valence electrons. The van der Waals surface area contributed by atoms with E-state index < -0.39 is 0 Å². The van der Waals surface area contributed by atoms with Crippen LogP contribution in [-0.2, 0) is 14.4 Å². The van der Waals surface area contributed by atoms with Crippen LogP contribution in [0.5, 0.6) is 0 Å². The maximum absolute atomic E-state index is 12.9. The molecule has 33 heavy (non-hydrogen) atoms. The summed E-state index contributed by atoms with van der Waals surface area (Å²) >= 11 is 0. The van der Waals surface area contributed by atoms with E-state index in [0.717, 1.165) is 57.7 Å². The first kappa shape index (κ1) is 23.5. The lowest BCUT2D eigenvalue weighted by Gasteiger charge is -2.72. The van der Waals surface area contributed by atoms with E-state index in [1.807, 2.05) is 0 Å². The molecular weight excluding hydrogens is 408 g/mol. The molecule has 0 bridgehead atoms. The molecule has 0 aromatic rings. The fourth-order valence-electron chi connectivity index (χ4n) is 11.2. The van der Waals surface area contributed by atoms with Crippen molar-refractivity contribution >= 4 is 18.4 Å². The molecular formula is C30H44O3. The molecule has 9 atom stereocenters. The van der Waals surface area contributed by atoms with Crippen LogP contribution in [0.2, 0.25) is 0 Å². The number of fused-ring (bicyclic) bond motifs is 7. The summed E-state index contributed by atoms with van der Waals surface area (Å²) in [5, 5.41) is 0. The molecule has 0 heterocycles. The van der Waals surface area contributed by atoms with Crippen LogP contribution in [0.3, 0.4) is 0 Å². The second kappa shape index (κ2) is 7.14. The zero-order valence-electron chi connectivity index (χ0n) is 21.5. The Balaban J connectivity index is 1.56. The van der Waals surface area contributed by atoms with Crippen molar-refractivity contribution in [2.24, 2.45) is 56.7 Å². The molecule has 0 aliphatic heterocycles. The normalized spacial score (nSPS) is 52.6. The van der Waals surface area contributed by atoms with Crippen LogP contribution in [0, 0.1) is 56.7 Å². The maximum Gasteiger partial charge on any atom is 0.145 e. The molecule has 0 saturated heterocycles. The third-order valence-electron chi connectivity index (χ3n) is 13.1. The van der Waals surface area contributed by atoms with Crippen molar-refractivity contribution in [2.75, 3.05) is 0 Å². The summed E-state index contributed by atoms with van der Waals surface area (Å²) in [6, 6.07) is 0. The Morgan fingerprint density at radius 2 is 1.58 bits per heavy atom. The summed E-state index contributed by atoms with van der Waals surface area (Å²) in [7, 11) is 0. The summed E-state index contributed by atoms with van der Waals surface area (Å²) in [4.78, 5) is 37.2. The average molecular weight is 453 g/mol. The molecule has 5 aliphatic rings. The van der Waals surface area contributed by atoms with Crippen LogP contribution < -0.4 is 0 Å². The summed E-state index contributed by atoms with van der Waals surface area (Å²) in [5.74, 6) is 2.45. The van der Waals surface area contributed by atoms with Crippen molar-refractivity contribution < 1.29 is 14.4 Å². The predicted molar refractivity (Wildman–Crippen MR) is 130 cm³/mol. The van der Waals surface area contributed by atoms with Crippen LogP contribution in [0.1, 0.15) is 98.8 Å². The van der Waals surface area contributed by atoms with Gasteiger partial charge in [0, 0.05) is 17.3 Å². The number of hydrogen-bond donors (Lipinski definition) is 0. The van der Waals surface area contributed by atoms with Gasteiger partial charge in [-0.2, -0.15) is 0 Å². The molecule has 0 radical (unpaired) electrons. The molecule has 0 unspecified atom stereocenters. The summed E-state index contributed by atoms with van der Waals surface area (Å²) < 4.78 is 0. The fraction of sp³-hybridized carbons (Fsp3) is 0.833. The van der Waals surface area contributed by atoms with Crippen LogP contribution in [0.4, 0.5) is 0 Å². The highest BCUT2D eigenvalue weighted by Crippen LogP contribution is 2.77. The minimum Gasteiger partial charge on any atom is -0.303 e. The van der Waals surface area contributed by atoms with E-state index in [4.69, 9.17) is 0 Å². The minimum absolute atomic E-state index is 0.163. The molecule has 5 aliphatic carbocycles. The highest BCUT2D eigenvalue weighted by molar-refractivity contribution is 5.85. The van der Waals surface area contributed by atoms with E-state index in [2.05, 4.69) is 41.2 Å². The quantitative estimate of drug-likeness (QED) is 0.358. The van der Waals surface area contributed by atoms with Gasteiger partial charge in [0.2, 0.25) is 0 Å². The van der Waals surface area contributed by atoms with E-state index >= 15 is 0 Å². The number of allylic oxidation sites excluding steroid dienone is 1. The van der Waals surface area contributed by atoms with Gasteiger partial charge in [0.25, 0.3) is 0 Å². The van der Waals surface area contributed by atoms with E-state index in [0.29, 0.717) is 29.1 Å². The van der Waals surface area contributed by atoms with Crippen LogP contribution >= 0.6 is 0 Å². The van der Waals surface area contributed by atoms with Crippen LogP contribution in [0.25, 0.3) is 0 Å². The average Bonchev–Trinajstić information content (AvgIpc) is 3.17. The standard InChI is InChI=1S/C30H44O3/c1-19(17-31)20-9-14-30(18-32)16-15-28(5)21(25(20)30)7-8-23-27(4)12-11-24(33)26(2,3)22(27)10-13-29(23,28)6/h17-18,20-23,25H,1,7-16H2,2-6H3/t20-,21+,22-,23+,25+,27-,28+,29+,30+/m0/s1. The molecule has 0 N–H and O–H groups in total. The smallest absolute Gasteiger partial charge is 0.145 e. The van der Waals surface area contributed by atoms with Gasteiger partial charge in [0.15, 0.2) is 0 Å². The SMILES string of the molecule is C=C(C=O)[C@@H]1CC[C@]2(C=O)CC[C@]3(C)[C@H](CC[C@@H]4[C@@]5(C)CCC(=O)C(C)(C)[C@@H]5CC[C@]43C)[C@@H]12. The third-order valence-corrected chi connectivity index (χ3v) is 13.1. The second-order valence-corrected chi connectivity index (χ2v) is 14.0. The van der Waals surface area contributed by atoms with Gasteiger partial charge < -0.3 is 4.79 Å². The van der Waals surface area contributed by atoms with Crippen molar-refractivity contribution in [3.63, 3.8) is 0 Å². The van der Waals surface area contributed by atoms with Gasteiger partial charge in [-0.3, -0.25) is 9.59 Å². The highest BCUT2D eigenvalue weighted by atomic mass is 16.1. The highest BCUT2D eigenvalue weighted by Gasteiger charge is 2.71. The molecule has 3 nitrogen and oxygen atoms in total. The van der Waals surface area contributed by atoms with Crippen molar-refractivity contribution in [1.29, 1.82) is 0 Å². The molecule has 3 heteroatoms. The topological polar surface area (TPSA) is 51.2 Å². The lowest BCUT2D eigenvalue weighted by Crippen LogP contribution is -2.66. The molecule has 0 amide bonds. The fourth-order valence-corrected chi connectivity index (χ4v) is 11.2. The summed E-state index contributed by atoms with van der Waals surface area (Å²) in [5.41, 5.74) is 0.816. The molecule has 5 saturated carbocycles. The molecule has 0 aromatic heterocycles. The molecule has 0 aromatic carbocycles. The Labute approximate surface area is 200 Å².